The van der Waals surface area contributed by atoms with E-state index in [2.05, 4.69) is 23.3 Å². The molecule has 21 heavy (non-hydrogen) atoms. The lowest BCUT2D eigenvalue weighted by molar-refractivity contribution is 0.392. The van der Waals surface area contributed by atoms with Crippen molar-refractivity contribution in [1.29, 1.82) is 0 Å². The van der Waals surface area contributed by atoms with Crippen molar-refractivity contribution in [1.82, 2.24) is 10.3 Å². The molecule has 4 heteroatoms. The molecule has 0 amide bonds. The Labute approximate surface area is 126 Å². The number of methoxy groups -OCH3 is 2. The van der Waals surface area contributed by atoms with E-state index < -0.39 is 0 Å². The second kappa shape index (κ2) is 7.09. The molecule has 0 saturated carbocycles. The summed E-state index contributed by atoms with van der Waals surface area (Å²) in [7, 11) is 3.32. The Bertz CT molecular complexity index is 577. The number of aromatic nitrogens is 1. The van der Waals surface area contributed by atoms with Gasteiger partial charge in [0.05, 0.1) is 20.3 Å². The summed E-state index contributed by atoms with van der Waals surface area (Å²) in [6.07, 6.45) is 3.75. The van der Waals surface area contributed by atoms with Gasteiger partial charge in [-0.3, -0.25) is 4.98 Å². The first-order chi connectivity index (χ1) is 10.2. The van der Waals surface area contributed by atoms with Crippen LogP contribution in [0.25, 0.3) is 0 Å². The fourth-order valence-electron chi connectivity index (χ4n) is 2.36. The number of rotatable bonds is 6. The lowest BCUT2D eigenvalue weighted by Crippen LogP contribution is -2.22. The van der Waals surface area contributed by atoms with E-state index in [1.807, 2.05) is 37.5 Å². The SMILES string of the molecule is CCNC(c1cncc(C)c1)c1cc(OC)cc(OC)c1. The third kappa shape index (κ3) is 3.73. The van der Waals surface area contributed by atoms with Crippen molar-refractivity contribution in [2.75, 3.05) is 20.8 Å². The van der Waals surface area contributed by atoms with Crippen molar-refractivity contribution in [2.45, 2.75) is 19.9 Å². The first-order valence-corrected chi connectivity index (χ1v) is 7.05. The summed E-state index contributed by atoms with van der Waals surface area (Å²) in [6.45, 7) is 5.00. The molecule has 1 unspecified atom stereocenters. The van der Waals surface area contributed by atoms with Crippen molar-refractivity contribution < 1.29 is 9.47 Å². The summed E-state index contributed by atoms with van der Waals surface area (Å²) in [4.78, 5) is 4.30. The molecule has 0 fully saturated rings. The Morgan fingerprint density at radius 1 is 1.00 bits per heavy atom. The largest absolute Gasteiger partial charge is 0.497 e. The van der Waals surface area contributed by atoms with E-state index in [0.29, 0.717) is 0 Å². The highest BCUT2D eigenvalue weighted by Crippen LogP contribution is 2.30. The summed E-state index contributed by atoms with van der Waals surface area (Å²) < 4.78 is 10.7. The van der Waals surface area contributed by atoms with Crippen LogP contribution in [0.15, 0.2) is 36.7 Å². The quantitative estimate of drug-likeness (QED) is 0.886. The number of benzene rings is 1. The maximum atomic E-state index is 5.36. The van der Waals surface area contributed by atoms with E-state index in [4.69, 9.17) is 9.47 Å². The van der Waals surface area contributed by atoms with Crippen LogP contribution in [0.3, 0.4) is 0 Å². The van der Waals surface area contributed by atoms with Crippen LogP contribution in [-0.4, -0.2) is 25.7 Å². The fourth-order valence-corrected chi connectivity index (χ4v) is 2.36. The highest BCUT2D eigenvalue weighted by molar-refractivity contribution is 5.43. The molecule has 0 aliphatic heterocycles. The van der Waals surface area contributed by atoms with E-state index in [1.54, 1.807) is 14.2 Å². The molecule has 0 aliphatic rings. The maximum Gasteiger partial charge on any atom is 0.122 e. The Hall–Kier alpha value is -2.07. The lowest BCUT2D eigenvalue weighted by atomic mass is 9.98. The van der Waals surface area contributed by atoms with Gasteiger partial charge in [0.15, 0.2) is 0 Å². The molecule has 112 valence electrons. The molecule has 0 radical (unpaired) electrons. The predicted octanol–water partition coefficient (Wildman–Crippen LogP) is 3.11. The smallest absolute Gasteiger partial charge is 0.122 e. The number of hydrogen-bond donors (Lipinski definition) is 1. The highest BCUT2D eigenvalue weighted by atomic mass is 16.5. The van der Waals surface area contributed by atoms with Crippen molar-refractivity contribution in [3.05, 3.63) is 53.3 Å². The van der Waals surface area contributed by atoms with Crippen LogP contribution in [0.1, 0.15) is 29.7 Å². The minimum atomic E-state index is 0.0615. The molecule has 1 aromatic carbocycles. The molecule has 2 aromatic rings. The Morgan fingerprint density at radius 2 is 1.67 bits per heavy atom. The minimum Gasteiger partial charge on any atom is -0.497 e. The minimum absolute atomic E-state index is 0.0615. The van der Waals surface area contributed by atoms with Crippen molar-refractivity contribution in [2.24, 2.45) is 0 Å². The van der Waals surface area contributed by atoms with E-state index in [9.17, 15) is 0 Å². The molecular weight excluding hydrogens is 264 g/mol. The van der Waals surface area contributed by atoms with Crippen molar-refractivity contribution in [3.8, 4) is 11.5 Å². The monoisotopic (exact) mass is 286 g/mol. The number of pyridine rings is 1. The van der Waals surface area contributed by atoms with Gasteiger partial charge in [-0.15, -0.1) is 0 Å². The van der Waals surface area contributed by atoms with Gasteiger partial charge in [0.2, 0.25) is 0 Å². The third-order valence-corrected chi connectivity index (χ3v) is 3.34. The fraction of sp³-hybridized carbons (Fsp3) is 0.353. The normalized spacial score (nSPS) is 12.0. The van der Waals surface area contributed by atoms with Gasteiger partial charge in [-0.05, 0) is 42.3 Å². The average molecular weight is 286 g/mol. The number of nitrogens with zero attached hydrogens (tertiary/aromatic N) is 1. The summed E-state index contributed by atoms with van der Waals surface area (Å²) in [5.41, 5.74) is 3.37. The number of ether oxygens (including phenoxy) is 2. The van der Waals surface area contributed by atoms with Crippen LogP contribution in [-0.2, 0) is 0 Å². The standard InChI is InChI=1S/C17H22N2O2/c1-5-19-17(14-6-12(2)10-18-11-14)13-7-15(20-3)9-16(8-13)21-4/h6-11,17,19H,5H2,1-4H3. The molecule has 1 N–H and O–H groups in total. The molecule has 0 bridgehead atoms. The van der Waals surface area contributed by atoms with Gasteiger partial charge >= 0.3 is 0 Å². The summed E-state index contributed by atoms with van der Waals surface area (Å²) in [5, 5.41) is 3.49. The Morgan fingerprint density at radius 3 is 2.19 bits per heavy atom. The van der Waals surface area contributed by atoms with Gasteiger partial charge in [-0.1, -0.05) is 13.0 Å². The zero-order chi connectivity index (χ0) is 15.2. The molecule has 4 nitrogen and oxygen atoms in total. The van der Waals surface area contributed by atoms with Crippen molar-refractivity contribution >= 4 is 0 Å². The van der Waals surface area contributed by atoms with Crippen LogP contribution in [0.5, 0.6) is 11.5 Å². The zero-order valence-corrected chi connectivity index (χ0v) is 13.0. The molecule has 0 saturated heterocycles. The first-order valence-electron chi connectivity index (χ1n) is 7.05. The predicted molar refractivity (Wildman–Crippen MR) is 84.0 cm³/mol. The average Bonchev–Trinajstić information content (AvgIpc) is 2.52. The topological polar surface area (TPSA) is 43.4 Å². The lowest BCUT2D eigenvalue weighted by Gasteiger charge is -2.20. The summed E-state index contributed by atoms with van der Waals surface area (Å²) in [5.74, 6) is 1.57. The molecule has 2 rings (SSSR count). The highest BCUT2D eigenvalue weighted by Gasteiger charge is 2.16. The van der Waals surface area contributed by atoms with Crippen LogP contribution in [0.2, 0.25) is 0 Å². The Balaban J connectivity index is 2.46. The first kappa shape index (κ1) is 15.3. The maximum absolute atomic E-state index is 5.36. The van der Waals surface area contributed by atoms with Gasteiger partial charge in [0, 0.05) is 18.5 Å². The number of nitrogens with one attached hydrogen (secondary N) is 1. The number of aryl methyl sites for hydroxylation is 1. The molecule has 1 aromatic heterocycles. The van der Waals surface area contributed by atoms with Crippen LogP contribution >= 0.6 is 0 Å². The summed E-state index contributed by atoms with van der Waals surface area (Å²) >= 11 is 0. The molecule has 1 atom stereocenters. The molecule has 1 heterocycles. The van der Waals surface area contributed by atoms with E-state index in [0.717, 1.165) is 34.7 Å². The van der Waals surface area contributed by atoms with Crippen LogP contribution in [0.4, 0.5) is 0 Å². The van der Waals surface area contributed by atoms with Gasteiger partial charge in [0.1, 0.15) is 11.5 Å². The summed E-state index contributed by atoms with van der Waals surface area (Å²) in [6, 6.07) is 8.13. The van der Waals surface area contributed by atoms with Crippen molar-refractivity contribution in [3.63, 3.8) is 0 Å². The van der Waals surface area contributed by atoms with E-state index in [-0.39, 0.29) is 6.04 Å². The van der Waals surface area contributed by atoms with Crippen LogP contribution in [0, 0.1) is 6.92 Å². The number of hydrogen-bond acceptors (Lipinski definition) is 4. The van der Waals surface area contributed by atoms with Gasteiger partial charge in [-0.25, -0.2) is 0 Å². The van der Waals surface area contributed by atoms with Gasteiger partial charge < -0.3 is 14.8 Å². The van der Waals surface area contributed by atoms with E-state index >= 15 is 0 Å². The van der Waals surface area contributed by atoms with Gasteiger partial charge in [0.25, 0.3) is 0 Å². The third-order valence-electron chi connectivity index (χ3n) is 3.34. The molecular formula is C17H22N2O2. The molecule has 0 aliphatic carbocycles. The Kier molecular flexibility index (Phi) is 5.17. The molecule has 0 spiro atoms. The van der Waals surface area contributed by atoms with E-state index in [1.165, 1.54) is 0 Å². The second-order valence-corrected chi connectivity index (χ2v) is 4.93. The van der Waals surface area contributed by atoms with Crippen LogP contribution < -0.4 is 14.8 Å². The second-order valence-electron chi connectivity index (χ2n) is 4.93. The van der Waals surface area contributed by atoms with Gasteiger partial charge in [-0.2, -0.15) is 0 Å². The zero-order valence-electron chi connectivity index (χ0n) is 13.0.